The van der Waals surface area contributed by atoms with Crippen molar-refractivity contribution in [3.05, 3.63) is 99.9 Å². The number of pyridine rings is 1. The van der Waals surface area contributed by atoms with E-state index in [9.17, 15) is 4.79 Å². The van der Waals surface area contributed by atoms with Gasteiger partial charge in [0.05, 0.1) is 0 Å². The Labute approximate surface area is 222 Å². The molecule has 0 saturated heterocycles. The lowest BCUT2D eigenvalue weighted by molar-refractivity contribution is 0.0689. The van der Waals surface area contributed by atoms with E-state index in [0.717, 1.165) is 27.3 Å². The van der Waals surface area contributed by atoms with Crippen molar-refractivity contribution in [3.8, 4) is 22.8 Å². The van der Waals surface area contributed by atoms with Crippen molar-refractivity contribution in [1.82, 2.24) is 4.98 Å². The van der Waals surface area contributed by atoms with Crippen molar-refractivity contribution >= 4 is 17.3 Å². The van der Waals surface area contributed by atoms with Crippen molar-refractivity contribution in [2.45, 2.75) is 58.7 Å². The average molecular weight is 516 g/mol. The zero-order chi connectivity index (χ0) is 26.0. The number of ether oxygens (including phenoxy) is 2. The zero-order valence-electron chi connectivity index (χ0n) is 21.4. The highest BCUT2D eigenvalue weighted by Gasteiger charge is 2.10. The number of hydrogen-bond acceptors (Lipinski definition) is 5. The molecule has 0 aliphatic heterocycles. The van der Waals surface area contributed by atoms with E-state index in [1.54, 1.807) is 23.5 Å². The molecular weight excluding hydrogens is 482 g/mol. The largest absolute Gasteiger partial charge is 0.489 e. The minimum absolute atomic E-state index is 0.0296. The van der Waals surface area contributed by atoms with Crippen molar-refractivity contribution in [2.24, 2.45) is 0 Å². The SMILES string of the molecule is CCCC(CCC)c1ccc(OCc2ccc(-c3csc(COc4cccc(C(=O)O)n4)c3)cc2)cc1. The second-order valence-corrected chi connectivity index (χ2v) is 10.1. The maximum atomic E-state index is 11.1. The van der Waals surface area contributed by atoms with Gasteiger partial charge in [0.15, 0.2) is 5.69 Å². The fourth-order valence-electron chi connectivity index (χ4n) is 4.34. The first-order chi connectivity index (χ1) is 18.1. The van der Waals surface area contributed by atoms with Crippen LogP contribution in [0, 0.1) is 0 Å². The summed E-state index contributed by atoms with van der Waals surface area (Å²) in [5.41, 5.74) is 4.74. The van der Waals surface area contributed by atoms with Gasteiger partial charge >= 0.3 is 5.97 Å². The molecule has 0 saturated carbocycles. The summed E-state index contributed by atoms with van der Waals surface area (Å²) in [6.45, 7) is 5.36. The normalized spacial score (nSPS) is 11.0. The molecule has 37 heavy (non-hydrogen) atoms. The van der Waals surface area contributed by atoms with Gasteiger partial charge in [0, 0.05) is 10.9 Å². The number of aromatic carboxylic acids is 1. The molecule has 6 heteroatoms. The van der Waals surface area contributed by atoms with E-state index >= 15 is 0 Å². The summed E-state index contributed by atoms with van der Waals surface area (Å²) in [4.78, 5) is 16.1. The Balaban J connectivity index is 1.30. The van der Waals surface area contributed by atoms with Crippen LogP contribution in [-0.2, 0) is 13.2 Å². The summed E-state index contributed by atoms with van der Waals surface area (Å²) in [5, 5.41) is 11.2. The van der Waals surface area contributed by atoms with Crippen LogP contribution in [0.4, 0.5) is 0 Å². The average Bonchev–Trinajstić information content (AvgIpc) is 3.40. The number of carboxylic acid groups (broad SMARTS) is 1. The molecule has 2 aromatic heterocycles. The van der Waals surface area contributed by atoms with Crippen LogP contribution >= 0.6 is 11.3 Å². The number of benzene rings is 2. The highest BCUT2D eigenvalue weighted by molar-refractivity contribution is 7.10. The minimum atomic E-state index is -1.07. The smallest absolute Gasteiger partial charge is 0.354 e. The predicted molar refractivity (Wildman–Crippen MR) is 149 cm³/mol. The van der Waals surface area contributed by atoms with Crippen LogP contribution in [0.25, 0.3) is 11.1 Å². The predicted octanol–water partition coefficient (Wildman–Crippen LogP) is 8.35. The fraction of sp³-hybridized carbons (Fsp3) is 0.290. The minimum Gasteiger partial charge on any atom is -0.489 e. The van der Waals surface area contributed by atoms with E-state index in [-0.39, 0.29) is 5.69 Å². The van der Waals surface area contributed by atoms with Crippen molar-refractivity contribution in [1.29, 1.82) is 0 Å². The molecule has 0 aliphatic carbocycles. The van der Waals surface area contributed by atoms with E-state index in [0.29, 0.717) is 25.0 Å². The van der Waals surface area contributed by atoms with Crippen LogP contribution in [0.15, 0.2) is 78.2 Å². The van der Waals surface area contributed by atoms with E-state index in [1.807, 2.05) is 0 Å². The molecule has 0 atom stereocenters. The molecule has 0 aliphatic rings. The topological polar surface area (TPSA) is 68.7 Å². The molecular formula is C31H33NO4S. The molecule has 0 spiro atoms. The maximum absolute atomic E-state index is 11.1. The maximum Gasteiger partial charge on any atom is 0.354 e. The first-order valence-corrected chi connectivity index (χ1v) is 13.7. The Kier molecular flexibility index (Phi) is 9.33. The van der Waals surface area contributed by atoms with Gasteiger partial charge in [0.25, 0.3) is 0 Å². The van der Waals surface area contributed by atoms with Gasteiger partial charge in [-0.2, -0.15) is 0 Å². The third-order valence-electron chi connectivity index (χ3n) is 6.28. The quantitative estimate of drug-likeness (QED) is 0.194. The first-order valence-electron chi connectivity index (χ1n) is 12.8. The van der Waals surface area contributed by atoms with Crippen LogP contribution in [0.3, 0.4) is 0 Å². The van der Waals surface area contributed by atoms with Crippen molar-refractivity contribution in [2.75, 3.05) is 0 Å². The number of rotatable bonds is 13. The second-order valence-electron chi connectivity index (χ2n) is 9.09. The van der Waals surface area contributed by atoms with Crippen LogP contribution in [0.2, 0.25) is 0 Å². The van der Waals surface area contributed by atoms with E-state index in [1.165, 1.54) is 37.3 Å². The molecule has 0 amide bonds. The summed E-state index contributed by atoms with van der Waals surface area (Å²) >= 11 is 1.60. The summed E-state index contributed by atoms with van der Waals surface area (Å²) in [6, 6.07) is 23.8. The molecule has 0 fully saturated rings. The first kappa shape index (κ1) is 26.4. The highest BCUT2D eigenvalue weighted by Crippen LogP contribution is 2.29. The van der Waals surface area contributed by atoms with Crippen LogP contribution < -0.4 is 9.47 Å². The van der Waals surface area contributed by atoms with Gasteiger partial charge < -0.3 is 14.6 Å². The summed E-state index contributed by atoms with van der Waals surface area (Å²) < 4.78 is 11.7. The van der Waals surface area contributed by atoms with E-state index < -0.39 is 5.97 Å². The number of carboxylic acids is 1. The molecule has 192 valence electrons. The Morgan fingerprint density at radius 3 is 2.30 bits per heavy atom. The Morgan fingerprint density at radius 1 is 0.892 bits per heavy atom. The van der Waals surface area contributed by atoms with Gasteiger partial charge in [-0.15, -0.1) is 11.3 Å². The molecule has 1 N–H and O–H groups in total. The molecule has 5 nitrogen and oxygen atoms in total. The van der Waals surface area contributed by atoms with Crippen LogP contribution in [0.5, 0.6) is 11.6 Å². The molecule has 0 radical (unpaired) electrons. The zero-order valence-corrected chi connectivity index (χ0v) is 22.2. The third-order valence-corrected chi connectivity index (χ3v) is 7.19. The van der Waals surface area contributed by atoms with Gasteiger partial charge in [-0.05, 0) is 70.7 Å². The van der Waals surface area contributed by atoms with Gasteiger partial charge in [0.1, 0.15) is 19.0 Å². The van der Waals surface area contributed by atoms with Crippen LogP contribution in [-0.4, -0.2) is 16.1 Å². The van der Waals surface area contributed by atoms with E-state index in [4.69, 9.17) is 14.6 Å². The third kappa shape index (κ3) is 7.43. The molecule has 4 aromatic rings. The molecule has 2 heterocycles. The van der Waals surface area contributed by atoms with Crippen LogP contribution in [0.1, 0.15) is 71.9 Å². The lowest BCUT2D eigenvalue weighted by Gasteiger charge is -2.16. The lowest BCUT2D eigenvalue weighted by atomic mass is 9.90. The van der Waals surface area contributed by atoms with Gasteiger partial charge in [-0.1, -0.05) is 69.2 Å². The summed E-state index contributed by atoms with van der Waals surface area (Å²) in [5.74, 6) is 0.764. The number of hydrogen-bond donors (Lipinski definition) is 1. The summed E-state index contributed by atoms with van der Waals surface area (Å²) in [6.07, 6.45) is 4.88. The van der Waals surface area contributed by atoms with Gasteiger partial charge in [-0.25, -0.2) is 9.78 Å². The number of thiophene rings is 1. The number of nitrogens with zero attached hydrogens (tertiary/aromatic N) is 1. The lowest BCUT2D eigenvalue weighted by Crippen LogP contribution is -2.02. The van der Waals surface area contributed by atoms with Gasteiger partial charge in [-0.3, -0.25) is 0 Å². The molecule has 4 rings (SSSR count). The molecule has 0 unspecified atom stereocenters. The number of carbonyl (C=O) groups is 1. The van der Waals surface area contributed by atoms with Gasteiger partial charge in [0.2, 0.25) is 5.88 Å². The number of aromatic nitrogens is 1. The van der Waals surface area contributed by atoms with Crippen molar-refractivity contribution in [3.63, 3.8) is 0 Å². The Hall–Kier alpha value is -3.64. The Morgan fingerprint density at radius 2 is 1.62 bits per heavy atom. The summed E-state index contributed by atoms with van der Waals surface area (Å²) in [7, 11) is 0. The highest BCUT2D eigenvalue weighted by atomic mass is 32.1. The molecule has 0 bridgehead atoms. The fourth-order valence-corrected chi connectivity index (χ4v) is 5.14. The van der Waals surface area contributed by atoms with Crippen molar-refractivity contribution < 1.29 is 19.4 Å². The standard InChI is InChI=1S/C31H33NO4S/c1-3-6-23(7-4-2)24-14-16-27(17-15-24)35-19-22-10-12-25(13-11-22)26-18-28(37-21-26)20-36-30-9-5-8-29(32-30)31(33)34/h5,8-18,21,23H,3-4,6-7,19-20H2,1-2H3,(H,33,34). The molecule has 2 aromatic carbocycles. The van der Waals surface area contributed by atoms with E-state index in [2.05, 4.69) is 78.8 Å². The Bertz CT molecular complexity index is 1280. The second kappa shape index (κ2) is 13.1. The monoisotopic (exact) mass is 515 g/mol.